The lowest BCUT2D eigenvalue weighted by Gasteiger charge is -2.22. The molecule has 6 nitrogen and oxygen atoms in total. The third-order valence-corrected chi connectivity index (χ3v) is 5.29. The Morgan fingerprint density at radius 1 is 1.29 bits per heavy atom. The van der Waals surface area contributed by atoms with Gasteiger partial charge in [0.25, 0.3) is 5.91 Å². The molecule has 2 aromatic rings. The van der Waals surface area contributed by atoms with Crippen LogP contribution in [0.15, 0.2) is 4.52 Å². The summed E-state index contributed by atoms with van der Waals surface area (Å²) in [7, 11) is 0. The Balaban J connectivity index is 1.80. The van der Waals surface area contributed by atoms with Crippen LogP contribution in [0.5, 0.6) is 0 Å². The summed E-state index contributed by atoms with van der Waals surface area (Å²) < 4.78 is 7.06. The first-order valence-electron chi connectivity index (χ1n) is 8.43. The second-order valence-corrected chi connectivity index (χ2v) is 6.89. The Morgan fingerprint density at radius 3 is 2.62 bits per heavy atom. The fraction of sp³-hybridized carbons (Fsp3) is 0.588. The summed E-state index contributed by atoms with van der Waals surface area (Å²) in [4.78, 5) is 12.6. The molecule has 0 aromatic carbocycles. The molecule has 7 heteroatoms. The van der Waals surface area contributed by atoms with Gasteiger partial charge in [-0.3, -0.25) is 9.48 Å². The molecular formula is C17H23ClN4O2. The summed E-state index contributed by atoms with van der Waals surface area (Å²) in [5.41, 5.74) is 2.75. The molecule has 1 fully saturated rings. The van der Waals surface area contributed by atoms with E-state index in [1.165, 1.54) is 19.3 Å². The second kappa shape index (κ2) is 6.97. The van der Waals surface area contributed by atoms with Crippen molar-refractivity contribution in [1.82, 2.24) is 20.3 Å². The zero-order valence-corrected chi connectivity index (χ0v) is 15.1. The number of amides is 1. The van der Waals surface area contributed by atoms with E-state index in [0.717, 1.165) is 29.8 Å². The van der Waals surface area contributed by atoms with Gasteiger partial charge in [0.15, 0.2) is 5.69 Å². The largest absolute Gasteiger partial charge is 0.361 e. The highest BCUT2D eigenvalue weighted by Crippen LogP contribution is 2.23. The minimum absolute atomic E-state index is 0.165. The summed E-state index contributed by atoms with van der Waals surface area (Å²) in [6.07, 6.45) is 5.65. The van der Waals surface area contributed by atoms with Crippen molar-refractivity contribution < 1.29 is 9.32 Å². The zero-order chi connectivity index (χ0) is 17.3. The van der Waals surface area contributed by atoms with Crippen LogP contribution in [-0.2, 0) is 6.54 Å². The van der Waals surface area contributed by atoms with Crippen molar-refractivity contribution in [3.63, 3.8) is 0 Å². The van der Waals surface area contributed by atoms with Gasteiger partial charge in [0, 0.05) is 11.6 Å². The number of carbonyl (C=O) groups is 1. The quantitative estimate of drug-likeness (QED) is 0.915. The molecule has 3 rings (SSSR count). The standard InChI is InChI=1S/C17H23ClN4O2/c1-10-15(18)11(2)22(20-10)9-14-12(3)24-21-16(14)17(23)19-13-7-5-4-6-8-13/h13H,4-9H2,1-3H3,(H,19,23). The maximum Gasteiger partial charge on any atom is 0.274 e. The fourth-order valence-corrected chi connectivity index (χ4v) is 3.37. The molecule has 0 atom stereocenters. The number of carbonyl (C=O) groups excluding carboxylic acids is 1. The highest BCUT2D eigenvalue weighted by molar-refractivity contribution is 6.31. The van der Waals surface area contributed by atoms with Crippen LogP contribution in [0.4, 0.5) is 0 Å². The van der Waals surface area contributed by atoms with Crippen molar-refractivity contribution in [2.45, 2.75) is 65.5 Å². The van der Waals surface area contributed by atoms with Gasteiger partial charge < -0.3 is 9.84 Å². The first-order chi connectivity index (χ1) is 11.5. The van der Waals surface area contributed by atoms with E-state index in [9.17, 15) is 4.79 Å². The number of aryl methyl sites for hydroxylation is 2. The van der Waals surface area contributed by atoms with Crippen LogP contribution in [-0.4, -0.2) is 26.9 Å². The Labute approximate surface area is 146 Å². The molecule has 0 spiro atoms. The molecule has 0 saturated heterocycles. The van der Waals surface area contributed by atoms with E-state index in [1.54, 1.807) is 4.68 Å². The molecule has 2 aromatic heterocycles. The maximum atomic E-state index is 12.6. The number of nitrogens with one attached hydrogen (secondary N) is 1. The first kappa shape index (κ1) is 17.0. The van der Waals surface area contributed by atoms with E-state index in [0.29, 0.717) is 23.0 Å². The molecule has 0 unspecified atom stereocenters. The molecule has 0 radical (unpaired) electrons. The van der Waals surface area contributed by atoms with Gasteiger partial charge in [-0.05, 0) is 33.6 Å². The lowest BCUT2D eigenvalue weighted by atomic mass is 9.95. The van der Waals surface area contributed by atoms with E-state index >= 15 is 0 Å². The molecule has 1 amide bonds. The minimum atomic E-state index is -0.165. The van der Waals surface area contributed by atoms with Gasteiger partial charge in [0.1, 0.15) is 5.76 Å². The Morgan fingerprint density at radius 2 is 2.00 bits per heavy atom. The molecule has 0 bridgehead atoms. The predicted molar refractivity (Wildman–Crippen MR) is 91.4 cm³/mol. The van der Waals surface area contributed by atoms with Crippen LogP contribution < -0.4 is 5.32 Å². The molecule has 1 N–H and O–H groups in total. The molecule has 1 aliphatic carbocycles. The van der Waals surface area contributed by atoms with E-state index in [2.05, 4.69) is 15.6 Å². The third kappa shape index (κ3) is 3.34. The topological polar surface area (TPSA) is 73.0 Å². The number of nitrogens with zero attached hydrogens (tertiary/aromatic N) is 3. The molecule has 1 saturated carbocycles. The van der Waals surface area contributed by atoms with E-state index in [1.807, 2.05) is 20.8 Å². The highest BCUT2D eigenvalue weighted by Gasteiger charge is 2.24. The molecule has 0 aliphatic heterocycles. The SMILES string of the molecule is Cc1nn(Cc2c(C(=O)NC3CCCCC3)noc2C)c(C)c1Cl. The molecular weight excluding hydrogens is 328 g/mol. The summed E-state index contributed by atoms with van der Waals surface area (Å²) in [5.74, 6) is 0.467. The molecule has 130 valence electrons. The Hall–Kier alpha value is -1.82. The number of aromatic nitrogens is 3. The summed E-state index contributed by atoms with van der Waals surface area (Å²) in [6, 6.07) is 0.235. The number of hydrogen-bond acceptors (Lipinski definition) is 4. The smallest absolute Gasteiger partial charge is 0.274 e. The summed E-state index contributed by atoms with van der Waals surface area (Å²) >= 11 is 6.21. The van der Waals surface area contributed by atoms with Gasteiger partial charge in [-0.15, -0.1) is 0 Å². The lowest BCUT2D eigenvalue weighted by molar-refractivity contribution is 0.0917. The Bertz CT molecular complexity index is 744. The van der Waals surface area contributed by atoms with E-state index in [-0.39, 0.29) is 11.9 Å². The summed E-state index contributed by atoms with van der Waals surface area (Å²) in [5, 5.41) is 12.1. The second-order valence-electron chi connectivity index (χ2n) is 6.52. The van der Waals surface area contributed by atoms with Crippen LogP contribution in [0.1, 0.15) is 65.3 Å². The molecule has 24 heavy (non-hydrogen) atoms. The van der Waals surface area contributed by atoms with Crippen LogP contribution >= 0.6 is 11.6 Å². The number of rotatable bonds is 4. The average molecular weight is 351 g/mol. The van der Waals surface area contributed by atoms with Crippen LogP contribution in [0.3, 0.4) is 0 Å². The van der Waals surface area contributed by atoms with Gasteiger partial charge in [-0.1, -0.05) is 36.0 Å². The monoisotopic (exact) mass is 350 g/mol. The maximum absolute atomic E-state index is 12.6. The van der Waals surface area contributed by atoms with Gasteiger partial charge in [-0.25, -0.2) is 0 Å². The third-order valence-electron chi connectivity index (χ3n) is 4.74. The van der Waals surface area contributed by atoms with Crippen molar-refractivity contribution in [2.75, 3.05) is 0 Å². The average Bonchev–Trinajstić information content (AvgIpc) is 3.05. The summed E-state index contributed by atoms with van der Waals surface area (Å²) in [6.45, 7) is 6.01. The van der Waals surface area contributed by atoms with Crippen molar-refractivity contribution in [3.8, 4) is 0 Å². The van der Waals surface area contributed by atoms with Crippen LogP contribution in [0.25, 0.3) is 0 Å². The molecule has 1 aliphatic rings. The van der Waals surface area contributed by atoms with E-state index < -0.39 is 0 Å². The van der Waals surface area contributed by atoms with E-state index in [4.69, 9.17) is 16.1 Å². The minimum Gasteiger partial charge on any atom is -0.361 e. The fourth-order valence-electron chi connectivity index (χ4n) is 3.24. The normalized spacial score (nSPS) is 15.7. The predicted octanol–water partition coefficient (Wildman–Crippen LogP) is 3.56. The van der Waals surface area contributed by atoms with Crippen molar-refractivity contribution in [3.05, 3.63) is 33.4 Å². The Kier molecular flexibility index (Phi) is 4.94. The number of hydrogen-bond donors (Lipinski definition) is 1. The van der Waals surface area contributed by atoms with Gasteiger partial charge >= 0.3 is 0 Å². The highest BCUT2D eigenvalue weighted by atomic mass is 35.5. The first-order valence-corrected chi connectivity index (χ1v) is 8.80. The van der Waals surface area contributed by atoms with Gasteiger partial charge in [0.05, 0.1) is 23.0 Å². The van der Waals surface area contributed by atoms with Gasteiger partial charge in [0.2, 0.25) is 0 Å². The van der Waals surface area contributed by atoms with Crippen molar-refractivity contribution >= 4 is 17.5 Å². The molecule has 2 heterocycles. The van der Waals surface area contributed by atoms with Crippen molar-refractivity contribution in [2.24, 2.45) is 0 Å². The van der Waals surface area contributed by atoms with Gasteiger partial charge in [-0.2, -0.15) is 5.10 Å². The lowest BCUT2D eigenvalue weighted by Crippen LogP contribution is -2.36. The van der Waals surface area contributed by atoms with Crippen molar-refractivity contribution in [1.29, 1.82) is 0 Å². The zero-order valence-electron chi connectivity index (χ0n) is 14.4. The van der Waals surface area contributed by atoms with Crippen LogP contribution in [0.2, 0.25) is 5.02 Å². The van der Waals surface area contributed by atoms with Crippen LogP contribution in [0, 0.1) is 20.8 Å². The number of halogens is 1.